The van der Waals surface area contributed by atoms with Gasteiger partial charge in [0.05, 0.1) is 12.8 Å². The Morgan fingerprint density at radius 2 is 1.94 bits per heavy atom. The van der Waals surface area contributed by atoms with Crippen LogP contribution in [0.1, 0.15) is 11.4 Å². The molecule has 84 valence electrons. The maximum atomic E-state index is 9.73. The number of aromatic hydroxyl groups is 1. The van der Waals surface area contributed by atoms with Gasteiger partial charge in [-0.15, -0.1) is 0 Å². The highest BCUT2D eigenvalue weighted by Gasteiger charge is 2.13. The minimum Gasteiger partial charge on any atom is -0.504 e. The van der Waals surface area contributed by atoms with Crippen molar-refractivity contribution in [2.75, 3.05) is 7.11 Å². The number of para-hydroxylation sites is 2. The van der Waals surface area contributed by atoms with Gasteiger partial charge in [-0.05, 0) is 26.0 Å². The molecular weight excluding hydrogens is 204 g/mol. The van der Waals surface area contributed by atoms with Crippen molar-refractivity contribution in [1.82, 2.24) is 9.78 Å². The number of hydrogen-bond donors (Lipinski definition) is 1. The predicted octanol–water partition coefficient (Wildman–Crippen LogP) is 2.20. The van der Waals surface area contributed by atoms with Crippen molar-refractivity contribution in [3.05, 3.63) is 35.7 Å². The number of methoxy groups -OCH3 is 1. The van der Waals surface area contributed by atoms with E-state index in [-0.39, 0.29) is 5.75 Å². The molecule has 0 aliphatic rings. The zero-order valence-electron chi connectivity index (χ0n) is 9.56. The van der Waals surface area contributed by atoms with Gasteiger partial charge < -0.3 is 9.84 Å². The van der Waals surface area contributed by atoms with Crippen LogP contribution < -0.4 is 4.74 Å². The standard InChI is InChI=1S/C12H14N2O2/c1-8-12(15)9(2)14(13-8)10-6-4-5-7-11(10)16-3/h4-7,15H,1-3H3. The van der Waals surface area contributed by atoms with E-state index in [0.717, 1.165) is 11.4 Å². The van der Waals surface area contributed by atoms with E-state index < -0.39 is 0 Å². The van der Waals surface area contributed by atoms with Crippen molar-refractivity contribution < 1.29 is 9.84 Å². The molecule has 4 heteroatoms. The first kappa shape index (κ1) is 10.5. The number of hydrogen-bond acceptors (Lipinski definition) is 3. The van der Waals surface area contributed by atoms with Crippen LogP contribution in [0.5, 0.6) is 11.5 Å². The molecule has 0 aliphatic carbocycles. The fourth-order valence-electron chi connectivity index (χ4n) is 1.67. The van der Waals surface area contributed by atoms with Crippen LogP contribution in [0.2, 0.25) is 0 Å². The summed E-state index contributed by atoms with van der Waals surface area (Å²) in [5.74, 6) is 0.957. The second kappa shape index (κ2) is 3.89. The maximum Gasteiger partial charge on any atom is 0.159 e. The van der Waals surface area contributed by atoms with Crippen molar-refractivity contribution in [2.24, 2.45) is 0 Å². The van der Waals surface area contributed by atoms with Gasteiger partial charge in [-0.1, -0.05) is 12.1 Å². The van der Waals surface area contributed by atoms with Crippen molar-refractivity contribution in [1.29, 1.82) is 0 Å². The summed E-state index contributed by atoms with van der Waals surface area (Å²) in [6.45, 7) is 3.59. The third-order valence-electron chi connectivity index (χ3n) is 2.57. The molecule has 0 radical (unpaired) electrons. The molecule has 4 nitrogen and oxygen atoms in total. The summed E-state index contributed by atoms with van der Waals surface area (Å²) < 4.78 is 6.95. The van der Waals surface area contributed by atoms with E-state index in [9.17, 15) is 5.11 Å². The van der Waals surface area contributed by atoms with Gasteiger partial charge in [0.1, 0.15) is 17.1 Å². The summed E-state index contributed by atoms with van der Waals surface area (Å²) in [6.07, 6.45) is 0. The highest BCUT2D eigenvalue weighted by atomic mass is 16.5. The van der Waals surface area contributed by atoms with Gasteiger partial charge in [-0.25, -0.2) is 4.68 Å². The Balaban J connectivity index is 2.63. The molecule has 0 saturated heterocycles. The number of benzene rings is 1. The van der Waals surface area contributed by atoms with E-state index in [1.54, 1.807) is 18.7 Å². The van der Waals surface area contributed by atoms with E-state index in [2.05, 4.69) is 5.10 Å². The summed E-state index contributed by atoms with van der Waals surface area (Å²) in [4.78, 5) is 0. The van der Waals surface area contributed by atoms with Crippen LogP contribution in [-0.4, -0.2) is 22.0 Å². The van der Waals surface area contributed by atoms with E-state index in [1.165, 1.54) is 0 Å². The van der Waals surface area contributed by atoms with Gasteiger partial charge >= 0.3 is 0 Å². The Kier molecular flexibility index (Phi) is 2.56. The van der Waals surface area contributed by atoms with E-state index in [4.69, 9.17) is 4.74 Å². The monoisotopic (exact) mass is 218 g/mol. The zero-order chi connectivity index (χ0) is 11.7. The molecule has 0 amide bonds. The Labute approximate surface area is 94.1 Å². The van der Waals surface area contributed by atoms with Crippen LogP contribution in [0.25, 0.3) is 5.69 Å². The smallest absolute Gasteiger partial charge is 0.159 e. The van der Waals surface area contributed by atoms with Gasteiger partial charge in [0.15, 0.2) is 5.75 Å². The Morgan fingerprint density at radius 3 is 2.50 bits per heavy atom. The minimum atomic E-state index is 0.228. The lowest BCUT2D eigenvalue weighted by Crippen LogP contribution is -2.01. The molecule has 0 fully saturated rings. The minimum absolute atomic E-state index is 0.228. The highest BCUT2D eigenvalue weighted by molar-refractivity contribution is 5.49. The second-order valence-corrected chi connectivity index (χ2v) is 3.60. The van der Waals surface area contributed by atoms with Crippen molar-refractivity contribution in [3.8, 4) is 17.2 Å². The van der Waals surface area contributed by atoms with Gasteiger partial charge in [0.25, 0.3) is 0 Å². The van der Waals surface area contributed by atoms with Crippen molar-refractivity contribution >= 4 is 0 Å². The van der Waals surface area contributed by atoms with E-state index >= 15 is 0 Å². The van der Waals surface area contributed by atoms with E-state index in [0.29, 0.717) is 11.4 Å². The van der Waals surface area contributed by atoms with Crippen molar-refractivity contribution in [2.45, 2.75) is 13.8 Å². The molecule has 1 aromatic heterocycles. The summed E-state index contributed by atoms with van der Waals surface area (Å²) >= 11 is 0. The fraction of sp³-hybridized carbons (Fsp3) is 0.250. The Bertz CT molecular complexity index is 518. The van der Waals surface area contributed by atoms with E-state index in [1.807, 2.05) is 31.2 Å². The summed E-state index contributed by atoms with van der Waals surface area (Å²) in [7, 11) is 1.62. The van der Waals surface area contributed by atoms with Crippen LogP contribution in [0.4, 0.5) is 0 Å². The molecule has 16 heavy (non-hydrogen) atoms. The van der Waals surface area contributed by atoms with Crippen molar-refractivity contribution in [3.63, 3.8) is 0 Å². The molecule has 0 aliphatic heterocycles. The molecule has 2 rings (SSSR count). The molecule has 0 saturated carbocycles. The molecule has 0 bridgehead atoms. The van der Waals surface area contributed by atoms with Gasteiger partial charge in [-0.3, -0.25) is 0 Å². The summed E-state index contributed by atoms with van der Waals surface area (Å²) in [6, 6.07) is 7.57. The molecule has 2 aromatic rings. The van der Waals surface area contributed by atoms with Crippen LogP contribution in [0.3, 0.4) is 0 Å². The normalized spacial score (nSPS) is 10.4. The lowest BCUT2D eigenvalue weighted by molar-refractivity contribution is 0.411. The van der Waals surface area contributed by atoms with Crippen LogP contribution in [0.15, 0.2) is 24.3 Å². The van der Waals surface area contributed by atoms with Crippen LogP contribution in [-0.2, 0) is 0 Å². The largest absolute Gasteiger partial charge is 0.504 e. The Hall–Kier alpha value is -1.97. The number of aryl methyl sites for hydroxylation is 1. The first-order chi connectivity index (χ1) is 7.65. The van der Waals surface area contributed by atoms with Gasteiger partial charge in [0, 0.05) is 0 Å². The maximum absolute atomic E-state index is 9.73. The lowest BCUT2D eigenvalue weighted by atomic mass is 10.3. The number of aromatic nitrogens is 2. The zero-order valence-corrected chi connectivity index (χ0v) is 9.56. The average molecular weight is 218 g/mol. The third kappa shape index (κ3) is 1.52. The quantitative estimate of drug-likeness (QED) is 0.840. The fourth-order valence-corrected chi connectivity index (χ4v) is 1.67. The summed E-state index contributed by atoms with van der Waals surface area (Å²) in [5, 5.41) is 14.0. The lowest BCUT2D eigenvalue weighted by Gasteiger charge is -2.09. The molecular formula is C12H14N2O2. The number of rotatable bonds is 2. The SMILES string of the molecule is COc1ccccc1-n1nc(C)c(O)c1C. The van der Waals surface area contributed by atoms with Crippen LogP contribution in [0, 0.1) is 13.8 Å². The predicted molar refractivity (Wildman–Crippen MR) is 61.3 cm³/mol. The highest BCUT2D eigenvalue weighted by Crippen LogP contribution is 2.28. The molecule has 1 heterocycles. The average Bonchev–Trinajstić information content (AvgIpc) is 2.57. The first-order valence-electron chi connectivity index (χ1n) is 5.03. The first-order valence-corrected chi connectivity index (χ1v) is 5.03. The molecule has 1 N–H and O–H groups in total. The van der Waals surface area contributed by atoms with Gasteiger partial charge in [-0.2, -0.15) is 5.10 Å². The summed E-state index contributed by atoms with van der Waals surface area (Å²) in [5.41, 5.74) is 2.15. The Morgan fingerprint density at radius 1 is 1.25 bits per heavy atom. The number of ether oxygens (including phenoxy) is 1. The number of nitrogens with zero attached hydrogens (tertiary/aromatic N) is 2. The third-order valence-corrected chi connectivity index (χ3v) is 2.57. The second-order valence-electron chi connectivity index (χ2n) is 3.60. The topological polar surface area (TPSA) is 47.3 Å². The molecule has 0 unspecified atom stereocenters. The molecule has 1 aromatic carbocycles. The molecule has 0 spiro atoms. The van der Waals surface area contributed by atoms with Crippen LogP contribution >= 0.6 is 0 Å². The van der Waals surface area contributed by atoms with Gasteiger partial charge in [0.2, 0.25) is 0 Å². The molecule has 0 atom stereocenters.